The van der Waals surface area contributed by atoms with Gasteiger partial charge >= 0.3 is 0 Å². The number of hydrogen-bond donors (Lipinski definition) is 0. The predicted octanol–water partition coefficient (Wildman–Crippen LogP) is 3.47. The first-order chi connectivity index (χ1) is 15.6. The molecule has 168 valence electrons. The fourth-order valence-corrected chi connectivity index (χ4v) is 4.68. The number of thioether (sulfide) groups is 1. The predicted molar refractivity (Wildman–Crippen MR) is 120 cm³/mol. The molecule has 10 nitrogen and oxygen atoms in total. The molecular weight excluding hydrogens is 454 g/mol. The van der Waals surface area contributed by atoms with Crippen molar-refractivity contribution in [2.45, 2.75) is 30.7 Å². The Labute approximate surface area is 191 Å². The molecule has 0 aliphatic heterocycles. The summed E-state index contributed by atoms with van der Waals surface area (Å²) in [5, 5.41) is 13.8. The van der Waals surface area contributed by atoms with Gasteiger partial charge in [0.15, 0.2) is 11.5 Å². The van der Waals surface area contributed by atoms with Crippen LogP contribution in [-0.2, 0) is 12.2 Å². The first-order valence-corrected chi connectivity index (χ1v) is 11.5. The number of nitrogens with zero attached hydrogens (tertiary/aromatic N) is 5. The van der Waals surface area contributed by atoms with E-state index < -0.39 is 0 Å². The first kappa shape index (κ1) is 22.1. The van der Waals surface area contributed by atoms with Crippen LogP contribution in [0.5, 0.6) is 17.2 Å². The minimum absolute atomic E-state index is 0.201. The lowest BCUT2D eigenvalue weighted by atomic mass is 10.2. The topological polar surface area (TPSA) is 114 Å². The van der Waals surface area contributed by atoms with Gasteiger partial charge in [0.05, 0.1) is 27.0 Å². The van der Waals surface area contributed by atoms with E-state index >= 15 is 0 Å². The molecular formula is C20H21N5O5S2. The average molecular weight is 476 g/mol. The molecule has 0 aliphatic carbocycles. The molecule has 0 fully saturated rings. The number of aryl methyl sites for hydroxylation is 1. The lowest BCUT2D eigenvalue weighted by molar-refractivity contribution is 0.324. The second-order valence-electron chi connectivity index (χ2n) is 6.60. The van der Waals surface area contributed by atoms with E-state index in [0.717, 1.165) is 17.8 Å². The van der Waals surface area contributed by atoms with Crippen molar-refractivity contribution in [2.75, 3.05) is 21.3 Å². The monoisotopic (exact) mass is 475 g/mol. The zero-order valence-corrected chi connectivity index (χ0v) is 19.6. The Kier molecular flexibility index (Phi) is 6.61. The van der Waals surface area contributed by atoms with Gasteiger partial charge in [-0.05, 0) is 18.6 Å². The molecule has 0 saturated heterocycles. The van der Waals surface area contributed by atoms with Crippen molar-refractivity contribution in [1.29, 1.82) is 0 Å². The van der Waals surface area contributed by atoms with Crippen LogP contribution in [0.1, 0.15) is 24.0 Å². The summed E-state index contributed by atoms with van der Waals surface area (Å²) in [4.78, 5) is 17.5. The summed E-state index contributed by atoms with van der Waals surface area (Å²) in [5.74, 6) is 2.16. The van der Waals surface area contributed by atoms with Gasteiger partial charge in [0.25, 0.3) is 10.8 Å². The number of methoxy groups -OCH3 is 3. The standard InChI is InChI=1S/C20H21N5O5S2/c1-5-6-15-24-25-16(26)9-12(21-19(25)32-15)10-31-20-23-22-18(30-20)11-7-13(27-2)17(29-4)14(8-11)28-3/h7-9H,5-6,10H2,1-4H3. The molecule has 0 saturated carbocycles. The molecule has 0 amide bonds. The van der Waals surface area contributed by atoms with E-state index in [2.05, 4.69) is 27.2 Å². The Morgan fingerprint density at radius 2 is 1.84 bits per heavy atom. The highest BCUT2D eigenvalue weighted by atomic mass is 32.2. The Hall–Kier alpha value is -3.12. The maximum Gasteiger partial charge on any atom is 0.277 e. The van der Waals surface area contributed by atoms with Crippen molar-refractivity contribution in [3.8, 4) is 28.7 Å². The number of rotatable bonds is 9. The van der Waals surface area contributed by atoms with Crippen molar-refractivity contribution in [2.24, 2.45) is 0 Å². The fraction of sp³-hybridized carbons (Fsp3) is 0.350. The minimum Gasteiger partial charge on any atom is -0.493 e. The van der Waals surface area contributed by atoms with Crippen molar-refractivity contribution in [1.82, 2.24) is 24.8 Å². The molecule has 0 unspecified atom stereocenters. The van der Waals surface area contributed by atoms with Crippen molar-refractivity contribution < 1.29 is 18.6 Å². The zero-order chi connectivity index (χ0) is 22.7. The average Bonchev–Trinajstić information content (AvgIpc) is 3.44. The Balaban J connectivity index is 1.53. The van der Waals surface area contributed by atoms with Gasteiger partial charge in [-0.15, -0.1) is 10.2 Å². The van der Waals surface area contributed by atoms with Gasteiger partial charge in [-0.25, -0.2) is 4.98 Å². The van der Waals surface area contributed by atoms with Crippen LogP contribution >= 0.6 is 23.1 Å². The second kappa shape index (κ2) is 9.57. The third kappa shape index (κ3) is 4.41. The van der Waals surface area contributed by atoms with E-state index in [0.29, 0.717) is 50.3 Å². The number of hydrogen-bond acceptors (Lipinski definition) is 11. The quantitative estimate of drug-likeness (QED) is 0.333. The molecule has 3 aromatic heterocycles. The number of benzene rings is 1. The van der Waals surface area contributed by atoms with Crippen molar-refractivity contribution in [3.63, 3.8) is 0 Å². The van der Waals surface area contributed by atoms with Crippen LogP contribution in [0.3, 0.4) is 0 Å². The molecule has 0 spiro atoms. The van der Waals surface area contributed by atoms with Gasteiger partial charge in [-0.1, -0.05) is 30.0 Å². The van der Waals surface area contributed by atoms with E-state index in [1.165, 1.54) is 55.0 Å². The Morgan fingerprint density at radius 1 is 1.09 bits per heavy atom. The van der Waals surface area contributed by atoms with E-state index in [4.69, 9.17) is 18.6 Å². The van der Waals surface area contributed by atoms with Gasteiger partial charge in [0.2, 0.25) is 16.6 Å². The van der Waals surface area contributed by atoms with Gasteiger partial charge in [0.1, 0.15) is 5.01 Å². The summed E-state index contributed by atoms with van der Waals surface area (Å²) >= 11 is 2.73. The van der Waals surface area contributed by atoms with Gasteiger partial charge < -0.3 is 18.6 Å². The van der Waals surface area contributed by atoms with Crippen LogP contribution in [0.15, 0.2) is 32.6 Å². The minimum atomic E-state index is -0.201. The van der Waals surface area contributed by atoms with Crippen LogP contribution in [0.25, 0.3) is 16.4 Å². The van der Waals surface area contributed by atoms with Crippen molar-refractivity contribution >= 4 is 28.1 Å². The van der Waals surface area contributed by atoms with Gasteiger partial charge in [0, 0.05) is 23.8 Å². The molecule has 0 N–H and O–H groups in total. The number of ether oxygens (including phenoxy) is 3. The fourth-order valence-electron chi connectivity index (χ4n) is 3.01. The van der Waals surface area contributed by atoms with Gasteiger partial charge in [-0.3, -0.25) is 4.79 Å². The van der Waals surface area contributed by atoms with Crippen LogP contribution in [0.4, 0.5) is 0 Å². The van der Waals surface area contributed by atoms with Crippen LogP contribution < -0.4 is 19.8 Å². The highest BCUT2D eigenvalue weighted by Gasteiger charge is 2.18. The third-order valence-corrected chi connectivity index (χ3v) is 6.29. The third-order valence-electron chi connectivity index (χ3n) is 4.47. The maximum atomic E-state index is 12.4. The summed E-state index contributed by atoms with van der Waals surface area (Å²) in [6, 6.07) is 4.95. The molecule has 32 heavy (non-hydrogen) atoms. The lowest BCUT2D eigenvalue weighted by Crippen LogP contribution is -2.15. The SMILES string of the molecule is CCCc1nn2c(=O)cc(CSc3nnc(-c4cc(OC)c(OC)c(OC)c4)o3)nc2s1. The number of aromatic nitrogens is 5. The molecule has 4 rings (SSSR count). The van der Waals surface area contributed by atoms with E-state index in [-0.39, 0.29) is 5.56 Å². The molecule has 4 aromatic rings. The molecule has 0 radical (unpaired) electrons. The Bertz CT molecular complexity index is 1270. The number of fused-ring (bicyclic) bond motifs is 1. The van der Waals surface area contributed by atoms with Crippen LogP contribution in [-0.4, -0.2) is 46.1 Å². The highest BCUT2D eigenvalue weighted by Crippen LogP contribution is 2.41. The molecule has 1 aromatic carbocycles. The van der Waals surface area contributed by atoms with Crippen LogP contribution in [0, 0.1) is 0 Å². The lowest BCUT2D eigenvalue weighted by Gasteiger charge is -2.12. The summed E-state index contributed by atoms with van der Waals surface area (Å²) in [5.41, 5.74) is 1.05. The van der Waals surface area contributed by atoms with Crippen molar-refractivity contribution in [3.05, 3.63) is 39.3 Å². The normalized spacial score (nSPS) is 11.1. The smallest absolute Gasteiger partial charge is 0.277 e. The zero-order valence-electron chi connectivity index (χ0n) is 17.9. The molecule has 12 heteroatoms. The van der Waals surface area contributed by atoms with E-state index in [9.17, 15) is 4.79 Å². The molecule has 0 bridgehead atoms. The summed E-state index contributed by atoms with van der Waals surface area (Å²) in [6.07, 6.45) is 1.78. The molecule has 3 heterocycles. The van der Waals surface area contributed by atoms with Gasteiger partial charge in [-0.2, -0.15) is 9.61 Å². The summed E-state index contributed by atoms with van der Waals surface area (Å²) in [6.45, 7) is 2.07. The Morgan fingerprint density at radius 3 is 2.50 bits per heavy atom. The molecule has 0 aliphatic rings. The molecule has 0 atom stereocenters. The van der Waals surface area contributed by atoms with Crippen LogP contribution in [0.2, 0.25) is 0 Å². The summed E-state index contributed by atoms with van der Waals surface area (Å²) < 4.78 is 23.2. The largest absolute Gasteiger partial charge is 0.493 e. The first-order valence-electron chi connectivity index (χ1n) is 9.71. The van der Waals surface area contributed by atoms with E-state index in [1.54, 1.807) is 12.1 Å². The van der Waals surface area contributed by atoms with E-state index in [1.807, 2.05) is 0 Å². The second-order valence-corrected chi connectivity index (χ2v) is 8.57. The maximum absolute atomic E-state index is 12.4. The summed E-state index contributed by atoms with van der Waals surface area (Å²) in [7, 11) is 4.61. The highest BCUT2D eigenvalue weighted by molar-refractivity contribution is 7.98.